The van der Waals surface area contributed by atoms with E-state index in [-0.39, 0.29) is 18.4 Å². The van der Waals surface area contributed by atoms with Crippen molar-refractivity contribution in [2.45, 2.75) is 13.8 Å². The predicted molar refractivity (Wildman–Crippen MR) is 83.7 cm³/mol. The number of nitrogens with zero attached hydrogens (tertiary/aromatic N) is 5. The summed E-state index contributed by atoms with van der Waals surface area (Å²) in [4.78, 5) is 26.1. The van der Waals surface area contributed by atoms with Crippen LogP contribution in [0, 0.1) is 13.8 Å². The molecule has 0 saturated carbocycles. The SMILES string of the molecule is Cc1cc(C)nc(N(CCN(C)C)C(=O)N(C)C)n1.Cl. The summed E-state index contributed by atoms with van der Waals surface area (Å²) in [6.07, 6.45) is 0. The van der Waals surface area contributed by atoms with E-state index in [1.165, 1.54) is 4.90 Å². The van der Waals surface area contributed by atoms with Crippen LogP contribution in [0.15, 0.2) is 6.07 Å². The summed E-state index contributed by atoms with van der Waals surface area (Å²) in [6, 6.07) is 1.79. The second-order valence-electron chi connectivity index (χ2n) is 5.08. The highest BCUT2D eigenvalue weighted by molar-refractivity contribution is 5.89. The molecular weight excluding hydrogens is 278 g/mol. The molecule has 0 aliphatic carbocycles. The molecular formula is C13H24ClN5O. The second kappa shape index (κ2) is 8.01. The predicted octanol–water partition coefficient (Wildman–Crippen LogP) is 1.56. The monoisotopic (exact) mass is 301 g/mol. The fourth-order valence-electron chi connectivity index (χ4n) is 1.65. The van der Waals surface area contributed by atoms with Crippen LogP contribution >= 0.6 is 12.4 Å². The highest BCUT2D eigenvalue weighted by atomic mass is 35.5. The number of hydrogen-bond acceptors (Lipinski definition) is 4. The van der Waals surface area contributed by atoms with Gasteiger partial charge in [0.1, 0.15) is 0 Å². The van der Waals surface area contributed by atoms with Crippen LogP contribution in [-0.2, 0) is 0 Å². The first-order valence-electron chi connectivity index (χ1n) is 6.27. The van der Waals surface area contributed by atoms with Crippen LogP contribution in [0.2, 0.25) is 0 Å². The summed E-state index contributed by atoms with van der Waals surface area (Å²) in [5.74, 6) is 0.470. The molecule has 1 aromatic rings. The Bertz CT molecular complexity index is 430. The van der Waals surface area contributed by atoms with E-state index in [0.29, 0.717) is 12.5 Å². The summed E-state index contributed by atoms with van der Waals surface area (Å²) in [6.45, 7) is 5.13. The molecule has 1 rings (SSSR count). The third kappa shape index (κ3) is 5.30. The molecule has 0 radical (unpaired) electrons. The molecule has 0 bridgehead atoms. The van der Waals surface area contributed by atoms with Crippen molar-refractivity contribution in [3.63, 3.8) is 0 Å². The highest BCUT2D eigenvalue weighted by Gasteiger charge is 2.20. The maximum atomic E-state index is 12.2. The van der Waals surface area contributed by atoms with Crippen LogP contribution in [0.4, 0.5) is 10.7 Å². The van der Waals surface area contributed by atoms with Gasteiger partial charge in [0.05, 0.1) is 0 Å². The molecule has 1 heterocycles. The number of rotatable bonds is 4. The van der Waals surface area contributed by atoms with Crippen molar-refractivity contribution in [2.75, 3.05) is 46.2 Å². The van der Waals surface area contributed by atoms with Crippen molar-refractivity contribution in [1.82, 2.24) is 19.8 Å². The van der Waals surface area contributed by atoms with Crippen molar-refractivity contribution in [3.8, 4) is 0 Å². The zero-order valence-corrected chi connectivity index (χ0v) is 13.9. The van der Waals surface area contributed by atoms with E-state index >= 15 is 0 Å². The average Bonchev–Trinajstić information content (AvgIpc) is 2.27. The zero-order chi connectivity index (χ0) is 14.6. The largest absolute Gasteiger partial charge is 0.330 e. The molecule has 7 heteroatoms. The van der Waals surface area contributed by atoms with Crippen LogP contribution < -0.4 is 4.90 Å². The molecule has 0 unspecified atom stereocenters. The Morgan fingerprint density at radius 2 is 1.55 bits per heavy atom. The number of anilines is 1. The molecule has 6 nitrogen and oxygen atoms in total. The summed E-state index contributed by atoms with van der Waals surface area (Å²) in [5.41, 5.74) is 1.73. The van der Waals surface area contributed by atoms with Crippen LogP contribution in [-0.4, -0.2) is 67.1 Å². The van der Waals surface area contributed by atoms with Gasteiger partial charge in [-0.2, -0.15) is 0 Å². The number of halogens is 1. The molecule has 2 amide bonds. The molecule has 1 aromatic heterocycles. The fraction of sp³-hybridized carbons (Fsp3) is 0.615. The molecule has 114 valence electrons. The van der Waals surface area contributed by atoms with Gasteiger partial charge in [-0.05, 0) is 34.0 Å². The van der Waals surface area contributed by atoms with Crippen molar-refractivity contribution in [2.24, 2.45) is 0 Å². The lowest BCUT2D eigenvalue weighted by molar-refractivity contribution is 0.222. The van der Waals surface area contributed by atoms with Crippen molar-refractivity contribution in [1.29, 1.82) is 0 Å². The Kier molecular flexibility index (Phi) is 7.45. The molecule has 0 spiro atoms. The lowest BCUT2D eigenvalue weighted by Crippen LogP contribution is -2.43. The van der Waals surface area contributed by atoms with E-state index in [0.717, 1.165) is 17.9 Å². The van der Waals surface area contributed by atoms with Crippen LogP contribution in [0.3, 0.4) is 0 Å². The first-order chi connectivity index (χ1) is 8.81. The maximum Gasteiger partial charge on any atom is 0.326 e. The molecule has 0 N–H and O–H groups in total. The molecule has 0 saturated heterocycles. The minimum Gasteiger partial charge on any atom is -0.330 e. The smallest absolute Gasteiger partial charge is 0.326 e. The summed E-state index contributed by atoms with van der Waals surface area (Å²) < 4.78 is 0. The van der Waals surface area contributed by atoms with Gasteiger partial charge in [0.25, 0.3) is 0 Å². The lowest BCUT2D eigenvalue weighted by atomic mass is 10.3. The molecule has 20 heavy (non-hydrogen) atoms. The molecule has 0 aliphatic heterocycles. The van der Waals surface area contributed by atoms with Crippen molar-refractivity contribution in [3.05, 3.63) is 17.5 Å². The van der Waals surface area contributed by atoms with Gasteiger partial charge in [-0.15, -0.1) is 12.4 Å². The standard InChI is InChI=1S/C13H23N5O.ClH/c1-10-9-11(2)15-12(14-10)18(8-7-16(3)4)13(19)17(5)6;/h9H,7-8H2,1-6H3;1H. The third-order valence-electron chi connectivity index (χ3n) is 2.60. The van der Waals surface area contributed by atoms with Gasteiger partial charge in [0.2, 0.25) is 5.95 Å². The van der Waals surface area contributed by atoms with E-state index in [2.05, 4.69) is 9.97 Å². The maximum absolute atomic E-state index is 12.2. The van der Waals surface area contributed by atoms with E-state index < -0.39 is 0 Å². The molecule has 0 fully saturated rings. The summed E-state index contributed by atoms with van der Waals surface area (Å²) in [7, 11) is 7.41. The third-order valence-corrected chi connectivity index (χ3v) is 2.60. The Morgan fingerprint density at radius 3 is 1.95 bits per heavy atom. The van der Waals surface area contributed by atoms with Gasteiger partial charge < -0.3 is 9.80 Å². The first kappa shape index (κ1) is 18.6. The number of hydrogen-bond donors (Lipinski definition) is 0. The minimum atomic E-state index is -0.105. The molecule has 0 aromatic carbocycles. The normalized spacial score (nSPS) is 10.2. The van der Waals surface area contributed by atoms with Gasteiger partial charge >= 0.3 is 6.03 Å². The number of urea groups is 1. The van der Waals surface area contributed by atoms with E-state index in [1.54, 1.807) is 19.0 Å². The number of aromatic nitrogens is 2. The quantitative estimate of drug-likeness (QED) is 0.847. The number of aryl methyl sites for hydroxylation is 2. The molecule has 0 atom stereocenters. The molecule has 0 aliphatic rings. The Hall–Kier alpha value is -1.40. The fourth-order valence-corrected chi connectivity index (χ4v) is 1.65. The number of amides is 2. The van der Waals surface area contributed by atoms with E-state index in [9.17, 15) is 4.79 Å². The number of likely N-dealkylation sites (N-methyl/N-ethyl adjacent to an activating group) is 1. The Labute approximate surface area is 127 Å². The van der Waals surface area contributed by atoms with E-state index in [1.807, 2.05) is 38.9 Å². The van der Waals surface area contributed by atoms with Gasteiger partial charge in [-0.25, -0.2) is 14.8 Å². The topological polar surface area (TPSA) is 52.6 Å². The summed E-state index contributed by atoms with van der Waals surface area (Å²) >= 11 is 0. The van der Waals surface area contributed by atoms with Crippen LogP contribution in [0.5, 0.6) is 0 Å². The van der Waals surface area contributed by atoms with E-state index in [4.69, 9.17) is 0 Å². The van der Waals surface area contributed by atoms with Crippen molar-refractivity contribution >= 4 is 24.4 Å². The van der Waals surface area contributed by atoms with Crippen LogP contribution in [0.25, 0.3) is 0 Å². The van der Waals surface area contributed by atoms with Gasteiger partial charge in [-0.1, -0.05) is 0 Å². The second-order valence-corrected chi connectivity index (χ2v) is 5.08. The Morgan fingerprint density at radius 1 is 1.05 bits per heavy atom. The summed E-state index contributed by atoms with van der Waals surface area (Å²) in [5, 5.41) is 0. The average molecular weight is 302 g/mol. The van der Waals surface area contributed by atoms with Gasteiger partial charge in [0, 0.05) is 38.6 Å². The first-order valence-corrected chi connectivity index (χ1v) is 6.27. The number of carbonyl (C=O) groups excluding carboxylic acids is 1. The number of carbonyl (C=O) groups is 1. The van der Waals surface area contributed by atoms with Crippen LogP contribution in [0.1, 0.15) is 11.4 Å². The Balaban J connectivity index is 0.00000361. The highest BCUT2D eigenvalue weighted by Crippen LogP contribution is 2.11. The van der Waals surface area contributed by atoms with Gasteiger partial charge in [-0.3, -0.25) is 4.90 Å². The lowest BCUT2D eigenvalue weighted by Gasteiger charge is -2.26. The zero-order valence-electron chi connectivity index (χ0n) is 13.0. The minimum absolute atomic E-state index is 0. The van der Waals surface area contributed by atoms with Gasteiger partial charge in [0.15, 0.2) is 0 Å². The van der Waals surface area contributed by atoms with Crippen molar-refractivity contribution < 1.29 is 4.79 Å².